The molecular weight excluding hydrogens is 494 g/mol. The van der Waals surface area contributed by atoms with Gasteiger partial charge in [0.15, 0.2) is 5.60 Å². The third kappa shape index (κ3) is 5.15. The number of nitrogens with one attached hydrogen (secondary N) is 1. The van der Waals surface area contributed by atoms with Crippen LogP contribution < -0.4 is 11.1 Å². The highest BCUT2D eigenvalue weighted by atomic mass is 16.7. The number of nitrogens with zero attached hydrogens (tertiary/aromatic N) is 1. The number of rotatable bonds is 11. The molecule has 2 amide bonds. The number of unbranched alkanes of at least 4 members (excludes halogenated alkanes) is 2. The number of benzene rings is 1. The maximum absolute atomic E-state index is 13.6. The number of primary amides is 1. The monoisotopic (exact) mass is 527 g/mol. The highest BCUT2D eigenvalue weighted by Crippen LogP contribution is 2.57. The largest absolute Gasteiger partial charge is 0.458 e. The van der Waals surface area contributed by atoms with Gasteiger partial charge in [0, 0.05) is 39.2 Å². The van der Waals surface area contributed by atoms with E-state index in [2.05, 4.69) is 17.2 Å². The van der Waals surface area contributed by atoms with Crippen molar-refractivity contribution >= 4 is 17.8 Å². The standard InChI is InChI=1S/C27H33N3O8/c1-34-20(35-2)11-10-16-7-6-8-17(13-16)15-30-22-21-24(37-25(22)32)23-18(36-23)14-27(21,38-30)26(33)29-12-5-3-4-9-19(28)31/h6-8,13,18,20-24H,3-5,9,12,14-15H2,1-2H3,(H2,28,31)(H,29,33)/t18-,21+,22-,23-,24-,27-/m0/s1. The highest BCUT2D eigenvalue weighted by molar-refractivity contribution is 5.90. The van der Waals surface area contributed by atoms with Gasteiger partial charge in [-0.25, -0.2) is 0 Å². The molecule has 6 atom stereocenters. The van der Waals surface area contributed by atoms with Gasteiger partial charge in [-0.2, -0.15) is 5.06 Å². The Morgan fingerprint density at radius 3 is 2.82 bits per heavy atom. The summed E-state index contributed by atoms with van der Waals surface area (Å²) in [6.07, 6.45) is 1.30. The van der Waals surface area contributed by atoms with E-state index in [0.29, 0.717) is 32.2 Å². The van der Waals surface area contributed by atoms with Gasteiger partial charge < -0.3 is 30.0 Å². The Kier molecular flexibility index (Phi) is 7.70. The molecule has 3 aliphatic heterocycles. The fraction of sp³-hybridized carbons (Fsp3) is 0.593. The molecule has 11 heteroatoms. The van der Waals surface area contributed by atoms with E-state index in [1.807, 2.05) is 24.3 Å². The first-order valence-electron chi connectivity index (χ1n) is 12.9. The van der Waals surface area contributed by atoms with Crippen molar-refractivity contribution in [2.75, 3.05) is 20.8 Å². The summed E-state index contributed by atoms with van der Waals surface area (Å²) in [5.41, 5.74) is 5.55. The summed E-state index contributed by atoms with van der Waals surface area (Å²) in [5, 5.41) is 4.57. The third-order valence-corrected chi connectivity index (χ3v) is 7.56. The molecule has 4 fully saturated rings. The molecule has 1 aliphatic carbocycles. The van der Waals surface area contributed by atoms with Gasteiger partial charge in [-0.3, -0.25) is 19.2 Å². The van der Waals surface area contributed by atoms with Gasteiger partial charge in [-0.15, -0.1) is 0 Å². The van der Waals surface area contributed by atoms with E-state index in [4.69, 9.17) is 29.5 Å². The molecule has 11 nitrogen and oxygen atoms in total. The number of carbonyl (C=O) groups is 3. The number of nitrogens with two attached hydrogens (primary N) is 1. The Hall–Kier alpha value is -3.01. The van der Waals surface area contributed by atoms with E-state index < -0.39 is 35.9 Å². The maximum atomic E-state index is 13.6. The zero-order chi connectivity index (χ0) is 26.9. The number of esters is 1. The quantitative estimate of drug-likeness (QED) is 0.137. The molecule has 4 aliphatic rings. The summed E-state index contributed by atoms with van der Waals surface area (Å²) in [7, 11) is 3.03. The number of hydroxylamine groups is 2. The number of fused-ring (bicyclic) bond motifs is 2. The van der Waals surface area contributed by atoms with Gasteiger partial charge in [0.2, 0.25) is 12.2 Å². The SMILES string of the molecule is COC(C#Cc1cccc(CN2O[C@@]3(C(=O)NCCCCCC(N)=O)C[C@@H]4O[C@@H]4[C@H]4OC(=O)[C@@H]2[C@H]43)c1)OC. The zero-order valence-corrected chi connectivity index (χ0v) is 21.5. The number of hydrogen-bond acceptors (Lipinski definition) is 9. The van der Waals surface area contributed by atoms with Crippen molar-refractivity contribution in [2.45, 2.75) is 74.9 Å². The van der Waals surface area contributed by atoms with Crippen LogP contribution in [-0.4, -0.2) is 79.9 Å². The minimum atomic E-state index is -1.26. The number of hydrogen-bond donors (Lipinski definition) is 2. The first-order valence-corrected chi connectivity index (χ1v) is 12.9. The average molecular weight is 528 g/mol. The third-order valence-electron chi connectivity index (χ3n) is 7.56. The van der Waals surface area contributed by atoms with Gasteiger partial charge >= 0.3 is 5.97 Å². The summed E-state index contributed by atoms with van der Waals surface area (Å²) in [6.45, 7) is 0.702. The Bertz CT molecular complexity index is 1140. The summed E-state index contributed by atoms with van der Waals surface area (Å²) in [5.74, 6) is 4.44. The van der Waals surface area contributed by atoms with Crippen molar-refractivity contribution < 1.29 is 38.2 Å². The molecule has 0 aromatic heterocycles. The lowest BCUT2D eigenvalue weighted by Crippen LogP contribution is -2.58. The second kappa shape index (κ2) is 11.0. The molecule has 1 aromatic carbocycles. The van der Waals surface area contributed by atoms with Crippen molar-refractivity contribution in [3.63, 3.8) is 0 Å². The molecule has 5 rings (SSSR count). The predicted molar refractivity (Wildman–Crippen MR) is 132 cm³/mol. The summed E-state index contributed by atoms with van der Waals surface area (Å²) < 4.78 is 21.7. The van der Waals surface area contributed by atoms with E-state index in [1.54, 1.807) is 5.06 Å². The zero-order valence-electron chi connectivity index (χ0n) is 21.5. The van der Waals surface area contributed by atoms with Crippen LogP contribution in [0, 0.1) is 17.8 Å². The lowest BCUT2D eigenvalue weighted by molar-refractivity contribution is -0.229. The van der Waals surface area contributed by atoms with Gasteiger partial charge in [-0.1, -0.05) is 24.5 Å². The fourth-order valence-corrected chi connectivity index (χ4v) is 5.75. The Balaban J connectivity index is 1.31. The topological polar surface area (TPSA) is 142 Å². The number of ether oxygens (including phenoxy) is 4. The van der Waals surface area contributed by atoms with Gasteiger partial charge in [-0.05, 0) is 36.5 Å². The number of amides is 2. The lowest BCUT2D eigenvalue weighted by atomic mass is 9.71. The van der Waals surface area contributed by atoms with Crippen LogP contribution in [0.2, 0.25) is 0 Å². The number of epoxide rings is 1. The van der Waals surface area contributed by atoms with Crippen molar-refractivity contribution in [1.29, 1.82) is 0 Å². The van der Waals surface area contributed by atoms with Crippen molar-refractivity contribution in [1.82, 2.24) is 10.4 Å². The maximum Gasteiger partial charge on any atom is 0.326 e. The minimum absolute atomic E-state index is 0.183. The Morgan fingerprint density at radius 2 is 2.05 bits per heavy atom. The van der Waals surface area contributed by atoms with Crippen LogP contribution in [0.5, 0.6) is 0 Å². The predicted octanol–water partition coefficient (Wildman–Crippen LogP) is 0.386. The molecule has 3 saturated heterocycles. The van der Waals surface area contributed by atoms with Crippen LogP contribution in [-0.2, 0) is 44.7 Å². The molecule has 3 N–H and O–H groups in total. The molecule has 0 unspecified atom stereocenters. The molecule has 38 heavy (non-hydrogen) atoms. The Labute approximate surface area is 221 Å². The number of carbonyl (C=O) groups excluding carboxylic acids is 3. The van der Waals surface area contributed by atoms with E-state index >= 15 is 0 Å². The number of methoxy groups -OCH3 is 2. The van der Waals surface area contributed by atoms with Crippen LogP contribution in [0.4, 0.5) is 0 Å². The summed E-state index contributed by atoms with van der Waals surface area (Å²) in [4.78, 5) is 43.9. The van der Waals surface area contributed by atoms with Crippen LogP contribution >= 0.6 is 0 Å². The minimum Gasteiger partial charge on any atom is -0.458 e. The van der Waals surface area contributed by atoms with E-state index in [9.17, 15) is 14.4 Å². The Morgan fingerprint density at radius 1 is 1.24 bits per heavy atom. The van der Waals surface area contributed by atoms with Crippen molar-refractivity contribution in [3.05, 3.63) is 35.4 Å². The van der Waals surface area contributed by atoms with Crippen LogP contribution in [0.3, 0.4) is 0 Å². The molecule has 204 valence electrons. The summed E-state index contributed by atoms with van der Waals surface area (Å²) >= 11 is 0. The van der Waals surface area contributed by atoms with Gasteiger partial charge in [0.1, 0.15) is 18.2 Å². The van der Waals surface area contributed by atoms with E-state index in [0.717, 1.165) is 17.5 Å². The molecule has 3 heterocycles. The lowest BCUT2D eigenvalue weighted by Gasteiger charge is -2.35. The van der Waals surface area contributed by atoms with Crippen LogP contribution in [0.25, 0.3) is 0 Å². The molecular formula is C27H33N3O8. The molecule has 0 spiro atoms. The molecule has 0 radical (unpaired) electrons. The normalized spacial score (nSPS) is 30.7. The molecule has 1 aromatic rings. The second-order valence-electron chi connectivity index (χ2n) is 10.1. The van der Waals surface area contributed by atoms with Crippen LogP contribution in [0.15, 0.2) is 24.3 Å². The first kappa shape index (κ1) is 26.6. The smallest absolute Gasteiger partial charge is 0.326 e. The summed E-state index contributed by atoms with van der Waals surface area (Å²) in [6, 6.07) is 6.84. The first-order chi connectivity index (χ1) is 18.4. The average Bonchev–Trinajstić information content (AvgIpc) is 3.47. The van der Waals surface area contributed by atoms with E-state index in [1.165, 1.54) is 14.2 Å². The fourth-order valence-electron chi connectivity index (χ4n) is 5.75. The van der Waals surface area contributed by atoms with Gasteiger partial charge in [0.05, 0.1) is 18.6 Å². The van der Waals surface area contributed by atoms with Crippen molar-refractivity contribution in [3.8, 4) is 11.8 Å². The molecule has 0 bridgehead atoms. The van der Waals surface area contributed by atoms with Crippen molar-refractivity contribution in [2.24, 2.45) is 11.7 Å². The molecule has 1 saturated carbocycles. The highest BCUT2D eigenvalue weighted by Gasteiger charge is 2.76. The second-order valence-corrected chi connectivity index (χ2v) is 10.1. The van der Waals surface area contributed by atoms with Gasteiger partial charge in [0.25, 0.3) is 5.91 Å². The van der Waals surface area contributed by atoms with E-state index in [-0.39, 0.29) is 30.6 Å². The van der Waals surface area contributed by atoms with Crippen LogP contribution in [0.1, 0.15) is 43.2 Å².